The molecule has 92 valence electrons. The molecule has 0 saturated carbocycles. The lowest BCUT2D eigenvalue weighted by atomic mass is 10.2. The van der Waals surface area contributed by atoms with E-state index >= 15 is 0 Å². The SMILES string of the molecule is OC(c1ccc(Cl)o1)c1cc2cc(Cl)ccc2o1. The fourth-order valence-corrected chi connectivity index (χ4v) is 2.12. The normalized spacial score (nSPS) is 13.1. The lowest BCUT2D eigenvalue weighted by Crippen LogP contribution is -1.95. The van der Waals surface area contributed by atoms with Gasteiger partial charge in [-0.3, -0.25) is 0 Å². The third-order valence-corrected chi connectivity index (χ3v) is 3.07. The Morgan fingerprint density at radius 1 is 0.944 bits per heavy atom. The summed E-state index contributed by atoms with van der Waals surface area (Å²) in [5.41, 5.74) is 0.658. The van der Waals surface area contributed by atoms with Gasteiger partial charge >= 0.3 is 0 Å². The van der Waals surface area contributed by atoms with Gasteiger partial charge < -0.3 is 13.9 Å². The van der Waals surface area contributed by atoms with Gasteiger partial charge in [0.15, 0.2) is 11.3 Å². The molecule has 0 fully saturated rings. The van der Waals surface area contributed by atoms with Crippen molar-refractivity contribution in [1.82, 2.24) is 0 Å². The Hall–Kier alpha value is -1.42. The number of benzene rings is 1. The summed E-state index contributed by atoms with van der Waals surface area (Å²) in [7, 11) is 0. The number of halogens is 2. The molecule has 3 nitrogen and oxygen atoms in total. The van der Waals surface area contributed by atoms with Crippen LogP contribution in [-0.4, -0.2) is 5.11 Å². The van der Waals surface area contributed by atoms with Crippen LogP contribution in [0.15, 0.2) is 45.2 Å². The molecule has 0 aliphatic rings. The van der Waals surface area contributed by atoms with E-state index in [0.717, 1.165) is 5.39 Å². The van der Waals surface area contributed by atoms with Crippen LogP contribution in [0.5, 0.6) is 0 Å². The summed E-state index contributed by atoms with van der Waals surface area (Å²) in [6.07, 6.45) is -0.983. The Morgan fingerprint density at radius 2 is 1.78 bits per heavy atom. The third-order valence-electron chi connectivity index (χ3n) is 2.63. The first-order valence-corrected chi connectivity index (χ1v) is 6.01. The number of furan rings is 2. The molecule has 2 heterocycles. The topological polar surface area (TPSA) is 46.5 Å². The van der Waals surface area contributed by atoms with Gasteiger partial charge in [0.2, 0.25) is 0 Å². The molecule has 5 heteroatoms. The van der Waals surface area contributed by atoms with Gasteiger partial charge in [0.25, 0.3) is 0 Å². The van der Waals surface area contributed by atoms with Crippen molar-refractivity contribution in [2.75, 3.05) is 0 Å². The van der Waals surface area contributed by atoms with Gasteiger partial charge in [-0.2, -0.15) is 0 Å². The second-order valence-corrected chi connectivity index (χ2v) is 4.68. The molecule has 3 aromatic rings. The van der Waals surface area contributed by atoms with Crippen LogP contribution in [0, 0.1) is 0 Å². The monoisotopic (exact) mass is 282 g/mol. The summed E-state index contributed by atoms with van der Waals surface area (Å²) < 4.78 is 10.7. The van der Waals surface area contributed by atoms with E-state index in [1.54, 1.807) is 36.4 Å². The van der Waals surface area contributed by atoms with E-state index in [1.165, 1.54) is 0 Å². The molecule has 1 unspecified atom stereocenters. The van der Waals surface area contributed by atoms with Gasteiger partial charge in [-0.25, -0.2) is 0 Å². The average molecular weight is 283 g/mol. The summed E-state index contributed by atoms with van der Waals surface area (Å²) >= 11 is 11.6. The number of aliphatic hydroxyl groups excluding tert-OH is 1. The van der Waals surface area contributed by atoms with Gasteiger partial charge in [0.05, 0.1) is 0 Å². The number of hydrogen-bond donors (Lipinski definition) is 1. The average Bonchev–Trinajstić information content (AvgIpc) is 2.93. The smallest absolute Gasteiger partial charge is 0.193 e. The van der Waals surface area contributed by atoms with Crippen LogP contribution < -0.4 is 0 Å². The highest BCUT2D eigenvalue weighted by atomic mass is 35.5. The predicted octanol–water partition coefficient (Wildman–Crippen LogP) is 4.41. The van der Waals surface area contributed by atoms with Crippen molar-refractivity contribution < 1.29 is 13.9 Å². The minimum Gasteiger partial charge on any atom is -0.458 e. The highest BCUT2D eigenvalue weighted by Gasteiger charge is 2.19. The summed E-state index contributed by atoms with van der Waals surface area (Å²) in [6.45, 7) is 0. The maximum Gasteiger partial charge on any atom is 0.193 e. The van der Waals surface area contributed by atoms with E-state index in [-0.39, 0.29) is 5.22 Å². The quantitative estimate of drug-likeness (QED) is 0.757. The van der Waals surface area contributed by atoms with E-state index < -0.39 is 6.10 Å². The zero-order chi connectivity index (χ0) is 12.7. The molecular weight excluding hydrogens is 275 g/mol. The number of fused-ring (bicyclic) bond motifs is 1. The Kier molecular flexibility index (Phi) is 2.82. The number of rotatable bonds is 2. The second kappa shape index (κ2) is 4.35. The summed E-state index contributed by atoms with van der Waals surface area (Å²) in [4.78, 5) is 0. The van der Waals surface area contributed by atoms with Crippen LogP contribution in [0.2, 0.25) is 10.2 Å². The maximum atomic E-state index is 10.1. The molecule has 0 spiro atoms. The van der Waals surface area contributed by atoms with Gasteiger partial charge in [-0.1, -0.05) is 11.6 Å². The zero-order valence-corrected chi connectivity index (χ0v) is 10.6. The molecule has 0 aliphatic carbocycles. The Morgan fingerprint density at radius 3 is 2.50 bits per heavy atom. The van der Waals surface area contributed by atoms with Crippen LogP contribution in [0.3, 0.4) is 0 Å². The fourth-order valence-electron chi connectivity index (χ4n) is 1.78. The molecule has 0 aliphatic heterocycles. The van der Waals surface area contributed by atoms with Gasteiger partial charge in [0, 0.05) is 10.4 Å². The van der Waals surface area contributed by atoms with Crippen molar-refractivity contribution in [1.29, 1.82) is 0 Å². The van der Waals surface area contributed by atoms with E-state index in [2.05, 4.69) is 0 Å². The molecule has 0 saturated heterocycles. The van der Waals surface area contributed by atoms with Crippen molar-refractivity contribution in [2.45, 2.75) is 6.10 Å². The third kappa shape index (κ3) is 2.01. The molecule has 2 aromatic heterocycles. The Bertz CT molecular complexity index is 699. The van der Waals surface area contributed by atoms with E-state index in [1.807, 2.05) is 0 Å². The summed E-state index contributed by atoms with van der Waals surface area (Å²) in [5, 5.41) is 11.8. The molecule has 1 aromatic carbocycles. The Labute approximate surface area is 113 Å². The van der Waals surface area contributed by atoms with Crippen molar-refractivity contribution in [3.8, 4) is 0 Å². The van der Waals surface area contributed by atoms with E-state index in [9.17, 15) is 5.11 Å². The van der Waals surface area contributed by atoms with Crippen LogP contribution >= 0.6 is 23.2 Å². The molecular formula is C13H8Cl2O3. The molecule has 1 atom stereocenters. The highest BCUT2D eigenvalue weighted by molar-refractivity contribution is 6.31. The minimum absolute atomic E-state index is 0.225. The summed E-state index contributed by atoms with van der Waals surface area (Å²) in [5.74, 6) is 0.725. The minimum atomic E-state index is -0.983. The lowest BCUT2D eigenvalue weighted by molar-refractivity contribution is 0.165. The van der Waals surface area contributed by atoms with E-state index in [0.29, 0.717) is 22.1 Å². The van der Waals surface area contributed by atoms with Crippen LogP contribution in [-0.2, 0) is 0 Å². The Balaban J connectivity index is 2.03. The van der Waals surface area contributed by atoms with Crippen LogP contribution in [0.4, 0.5) is 0 Å². The van der Waals surface area contributed by atoms with E-state index in [4.69, 9.17) is 32.0 Å². The molecule has 0 bridgehead atoms. The second-order valence-electron chi connectivity index (χ2n) is 3.88. The van der Waals surface area contributed by atoms with Gasteiger partial charge in [0.1, 0.15) is 17.1 Å². The molecule has 18 heavy (non-hydrogen) atoms. The van der Waals surface area contributed by atoms with Gasteiger partial charge in [-0.15, -0.1) is 0 Å². The van der Waals surface area contributed by atoms with Crippen molar-refractivity contribution >= 4 is 34.2 Å². The highest BCUT2D eigenvalue weighted by Crippen LogP contribution is 2.31. The predicted molar refractivity (Wildman–Crippen MR) is 69.0 cm³/mol. The molecule has 0 amide bonds. The maximum absolute atomic E-state index is 10.1. The first-order valence-electron chi connectivity index (χ1n) is 5.26. The first kappa shape index (κ1) is 11.7. The van der Waals surface area contributed by atoms with Crippen LogP contribution in [0.25, 0.3) is 11.0 Å². The molecule has 0 radical (unpaired) electrons. The standard InChI is InChI=1S/C13H8Cl2O3/c14-8-1-2-9-7(5-8)6-11(17-9)13(16)10-3-4-12(15)18-10/h1-6,13,16H. The first-order chi connectivity index (χ1) is 8.63. The number of hydrogen-bond acceptors (Lipinski definition) is 3. The molecule has 3 rings (SSSR count). The molecule has 1 N–H and O–H groups in total. The lowest BCUT2D eigenvalue weighted by Gasteiger charge is -2.02. The van der Waals surface area contributed by atoms with Crippen LogP contribution in [0.1, 0.15) is 17.6 Å². The number of aliphatic hydroxyl groups is 1. The van der Waals surface area contributed by atoms with Gasteiger partial charge in [-0.05, 0) is 48.0 Å². The van der Waals surface area contributed by atoms with Crippen molar-refractivity contribution in [3.63, 3.8) is 0 Å². The largest absolute Gasteiger partial charge is 0.458 e. The summed E-state index contributed by atoms with van der Waals surface area (Å²) in [6, 6.07) is 10.1. The fraction of sp³-hybridized carbons (Fsp3) is 0.0769. The zero-order valence-electron chi connectivity index (χ0n) is 9.06. The van der Waals surface area contributed by atoms with Crippen molar-refractivity contribution in [3.05, 3.63) is 58.2 Å². The van der Waals surface area contributed by atoms with Crippen molar-refractivity contribution in [2.24, 2.45) is 0 Å².